The molecule has 0 heterocycles. The maximum Gasteiger partial charge on any atom is 0.415 e. The van der Waals surface area contributed by atoms with Crippen molar-refractivity contribution < 1.29 is 14.3 Å². The molecule has 0 saturated heterocycles. The van der Waals surface area contributed by atoms with Crippen molar-refractivity contribution in [1.82, 2.24) is 10.6 Å². The van der Waals surface area contributed by atoms with E-state index in [2.05, 4.69) is 10.1 Å². The molecule has 5 nitrogen and oxygen atoms in total. The number of carbonyl (C=O) groups excluding carboxylic acids is 2. The molecule has 0 unspecified atom stereocenters. The van der Waals surface area contributed by atoms with E-state index in [0.717, 1.165) is 0 Å². The molecule has 0 aliphatic rings. The van der Waals surface area contributed by atoms with Crippen LogP contribution in [-0.4, -0.2) is 24.8 Å². The van der Waals surface area contributed by atoms with E-state index in [4.69, 9.17) is 0 Å². The monoisotopic (exact) mass is 174 g/mol. The fourth-order valence-electron chi connectivity index (χ4n) is 0.558. The molecule has 0 spiro atoms. The summed E-state index contributed by atoms with van der Waals surface area (Å²) in [7, 11) is 0. The number of hydrogen-bond acceptors (Lipinski definition) is 3. The highest BCUT2D eigenvalue weighted by atomic mass is 16.5. The topological polar surface area (TPSA) is 67.4 Å². The Kier molecular flexibility index (Phi) is 4.83. The largest absolute Gasteiger partial charge is 0.450 e. The summed E-state index contributed by atoms with van der Waals surface area (Å²) < 4.78 is 4.48. The van der Waals surface area contributed by atoms with Crippen molar-refractivity contribution in [2.24, 2.45) is 0 Å². The van der Waals surface area contributed by atoms with Gasteiger partial charge in [-0.15, -0.1) is 0 Å². The van der Waals surface area contributed by atoms with Crippen molar-refractivity contribution in [2.75, 3.05) is 6.61 Å². The van der Waals surface area contributed by atoms with Gasteiger partial charge in [0.25, 0.3) is 0 Å². The molecule has 2 N–H and O–H groups in total. The number of hydrogen-bond donors (Lipinski definition) is 2. The van der Waals surface area contributed by atoms with E-state index in [1.54, 1.807) is 20.8 Å². The SMILES string of the molecule is CCOC(=O)NC(=O)NC(C)C. The average Bonchev–Trinajstić information content (AvgIpc) is 1.84. The molecule has 70 valence electrons. The highest BCUT2D eigenvalue weighted by Gasteiger charge is 2.07. The van der Waals surface area contributed by atoms with Crippen LogP contribution in [0.25, 0.3) is 0 Å². The molecule has 0 aliphatic heterocycles. The minimum absolute atomic E-state index is 0.000531. The summed E-state index contributed by atoms with van der Waals surface area (Å²) >= 11 is 0. The van der Waals surface area contributed by atoms with Crippen LogP contribution in [-0.2, 0) is 4.74 Å². The zero-order chi connectivity index (χ0) is 9.56. The summed E-state index contributed by atoms with van der Waals surface area (Å²) in [6.07, 6.45) is -0.726. The van der Waals surface area contributed by atoms with Gasteiger partial charge in [0.05, 0.1) is 6.61 Å². The second-order valence-corrected chi connectivity index (χ2v) is 2.47. The van der Waals surface area contributed by atoms with Gasteiger partial charge >= 0.3 is 12.1 Å². The summed E-state index contributed by atoms with van der Waals surface area (Å²) in [5.41, 5.74) is 0. The highest BCUT2D eigenvalue weighted by Crippen LogP contribution is 1.79. The molecular formula is C7H14N2O3. The number of imide groups is 1. The predicted molar refractivity (Wildman–Crippen MR) is 43.8 cm³/mol. The lowest BCUT2D eigenvalue weighted by molar-refractivity contribution is 0.152. The zero-order valence-corrected chi connectivity index (χ0v) is 7.51. The Labute approximate surface area is 71.5 Å². The third-order valence-electron chi connectivity index (χ3n) is 0.911. The van der Waals surface area contributed by atoms with Crippen molar-refractivity contribution in [3.05, 3.63) is 0 Å². The molecule has 12 heavy (non-hydrogen) atoms. The maximum absolute atomic E-state index is 10.8. The van der Waals surface area contributed by atoms with Gasteiger partial charge in [-0.25, -0.2) is 14.9 Å². The number of nitrogens with one attached hydrogen (secondary N) is 2. The number of amides is 3. The van der Waals surface area contributed by atoms with Crippen LogP contribution in [0.4, 0.5) is 9.59 Å². The van der Waals surface area contributed by atoms with E-state index in [1.807, 2.05) is 5.32 Å². The van der Waals surface area contributed by atoms with Crippen molar-refractivity contribution in [3.63, 3.8) is 0 Å². The first-order valence-corrected chi connectivity index (χ1v) is 3.80. The molecule has 0 aromatic heterocycles. The van der Waals surface area contributed by atoms with Crippen molar-refractivity contribution in [3.8, 4) is 0 Å². The quantitative estimate of drug-likeness (QED) is 0.652. The van der Waals surface area contributed by atoms with Gasteiger partial charge in [0, 0.05) is 6.04 Å². The van der Waals surface area contributed by atoms with Crippen LogP contribution in [0.1, 0.15) is 20.8 Å². The van der Waals surface area contributed by atoms with Gasteiger partial charge in [0.15, 0.2) is 0 Å². The molecule has 0 radical (unpaired) electrons. The molecule has 0 atom stereocenters. The number of carbonyl (C=O) groups is 2. The molecule has 5 heteroatoms. The van der Waals surface area contributed by atoms with Gasteiger partial charge < -0.3 is 10.1 Å². The lowest BCUT2D eigenvalue weighted by Crippen LogP contribution is -2.42. The van der Waals surface area contributed by atoms with Crippen molar-refractivity contribution in [1.29, 1.82) is 0 Å². The van der Waals surface area contributed by atoms with Crippen LogP contribution in [0.2, 0.25) is 0 Å². The first-order valence-electron chi connectivity index (χ1n) is 3.80. The van der Waals surface area contributed by atoms with Crippen LogP contribution in [0, 0.1) is 0 Å². The number of urea groups is 1. The second kappa shape index (κ2) is 5.40. The van der Waals surface area contributed by atoms with E-state index < -0.39 is 12.1 Å². The van der Waals surface area contributed by atoms with Crippen LogP contribution >= 0.6 is 0 Å². The fraction of sp³-hybridized carbons (Fsp3) is 0.714. The summed E-state index contributed by atoms with van der Waals surface area (Å²) in [4.78, 5) is 21.5. The van der Waals surface area contributed by atoms with E-state index in [9.17, 15) is 9.59 Å². The smallest absolute Gasteiger partial charge is 0.415 e. The van der Waals surface area contributed by atoms with Crippen LogP contribution in [0.5, 0.6) is 0 Å². The van der Waals surface area contributed by atoms with Gasteiger partial charge in [0.2, 0.25) is 0 Å². The first kappa shape index (κ1) is 10.7. The van der Waals surface area contributed by atoms with Gasteiger partial charge in [-0.3, -0.25) is 0 Å². The minimum atomic E-state index is -0.726. The van der Waals surface area contributed by atoms with Crippen LogP contribution in [0.3, 0.4) is 0 Å². The summed E-state index contributed by atoms with van der Waals surface area (Å²) in [6, 6.07) is -0.539. The Balaban J connectivity index is 3.62. The molecular weight excluding hydrogens is 160 g/mol. The van der Waals surface area contributed by atoms with Gasteiger partial charge in [0.1, 0.15) is 0 Å². The number of rotatable bonds is 2. The van der Waals surface area contributed by atoms with E-state index in [1.165, 1.54) is 0 Å². The molecule has 0 saturated carbocycles. The van der Waals surface area contributed by atoms with Crippen molar-refractivity contribution in [2.45, 2.75) is 26.8 Å². The van der Waals surface area contributed by atoms with Crippen LogP contribution in [0.15, 0.2) is 0 Å². The molecule has 0 fully saturated rings. The standard InChI is InChI=1S/C7H14N2O3/c1-4-12-7(11)9-6(10)8-5(2)3/h5H,4H2,1-3H3,(H2,8,9,10,11). The van der Waals surface area contributed by atoms with Crippen molar-refractivity contribution >= 4 is 12.1 Å². The summed E-state index contributed by atoms with van der Waals surface area (Å²) in [5.74, 6) is 0. The van der Waals surface area contributed by atoms with E-state index >= 15 is 0 Å². The van der Waals surface area contributed by atoms with Gasteiger partial charge in [-0.05, 0) is 20.8 Å². The normalized spacial score (nSPS) is 9.33. The molecule has 0 aliphatic carbocycles. The van der Waals surface area contributed by atoms with E-state index in [0.29, 0.717) is 0 Å². The molecule has 0 aromatic carbocycles. The first-order chi connectivity index (χ1) is 5.56. The Morgan fingerprint density at radius 1 is 1.42 bits per heavy atom. The molecule has 3 amide bonds. The third kappa shape index (κ3) is 5.52. The highest BCUT2D eigenvalue weighted by molar-refractivity contribution is 5.90. The van der Waals surface area contributed by atoms with Gasteiger partial charge in [-0.1, -0.05) is 0 Å². The fourth-order valence-corrected chi connectivity index (χ4v) is 0.558. The molecule has 0 bridgehead atoms. The summed E-state index contributed by atoms with van der Waals surface area (Å²) in [5, 5.41) is 4.48. The third-order valence-corrected chi connectivity index (χ3v) is 0.911. The second-order valence-electron chi connectivity index (χ2n) is 2.47. The lowest BCUT2D eigenvalue weighted by atomic mass is 10.4. The summed E-state index contributed by atoms with van der Waals surface area (Å²) in [6.45, 7) is 5.51. The minimum Gasteiger partial charge on any atom is -0.450 e. The lowest BCUT2D eigenvalue weighted by Gasteiger charge is -2.08. The Hall–Kier alpha value is -1.26. The predicted octanol–water partition coefficient (Wildman–Crippen LogP) is 0.850. The Morgan fingerprint density at radius 3 is 2.42 bits per heavy atom. The molecule has 0 rings (SSSR count). The Morgan fingerprint density at radius 2 is 2.00 bits per heavy atom. The zero-order valence-electron chi connectivity index (χ0n) is 7.51. The molecule has 0 aromatic rings. The van der Waals surface area contributed by atoms with Crippen LogP contribution < -0.4 is 10.6 Å². The number of alkyl carbamates (subject to hydrolysis) is 1. The Bertz CT molecular complexity index is 168. The van der Waals surface area contributed by atoms with E-state index in [-0.39, 0.29) is 12.6 Å². The number of ether oxygens (including phenoxy) is 1. The average molecular weight is 174 g/mol. The maximum atomic E-state index is 10.8. The van der Waals surface area contributed by atoms with Gasteiger partial charge in [-0.2, -0.15) is 0 Å².